The fourth-order valence-electron chi connectivity index (χ4n) is 2.63. The fourth-order valence-corrected chi connectivity index (χ4v) is 3.71. The number of hydrogen-bond acceptors (Lipinski definition) is 6. The van der Waals surface area contributed by atoms with Crippen molar-refractivity contribution in [1.82, 2.24) is 9.72 Å². The first-order valence-corrected chi connectivity index (χ1v) is 9.52. The van der Waals surface area contributed by atoms with Crippen molar-refractivity contribution in [2.45, 2.75) is 40.2 Å². The Morgan fingerprint density at radius 2 is 2.11 bits per heavy atom. The zero-order valence-electron chi connectivity index (χ0n) is 15.7. The average Bonchev–Trinajstić information content (AvgIpc) is 3.19. The molecular formula is C19H21N3O4S. The van der Waals surface area contributed by atoms with Crippen LogP contribution in [0.5, 0.6) is 0 Å². The molecule has 0 N–H and O–H groups in total. The quantitative estimate of drug-likeness (QED) is 0.626. The molecule has 27 heavy (non-hydrogen) atoms. The highest BCUT2D eigenvalue weighted by atomic mass is 32.1. The molecule has 8 heteroatoms. The number of nitrogens with zero attached hydrogens (tertiary/aromatic N) is 3. The third kappa shape index (κ3) is 4.16. The molecule has 0 saturated carbocycles. The maximum atomic E-state index is 12.4. The molecule has 3 rings (SSSR count). The minimum atomic E-state index is -0.538. The summed E-state index contributed by atoms with van der Waals surface area (Å²) in [6, 6.07) is 7.56. The molecule has 7 nitrogen and oxygen atoms in total. The minimum absolute atomic E-state index is 0.0174. The van der Waals surface area contributed by atoms with Gasteiger partial charge in [0.15, 0.2) is 4.80 Å². The van der Waals surface area contributed by atoms with E-state index >= 15 is 0 Å². The zero-order chi connectivity index (χ0) is 19.6. The van der Waals surface area contributed by atoms with E-state index in [0.29, 0.717) is 23.0 Å². The summed E-state index contributed by atoms with van der Waals surface area (Å²) in [4.78, 5) is 29.1. The number of thiazole rings is 1. The van der Waals surface area contributed by atoms with Crippen molar-refractivity contribution in [1.29, 1.82) is 0 Å². The van der Waals surface area contributed by atoms with Crippen molar-refractivity contribution in [2.24, 2.45) is 4.99 Å². The molecule has 0 bridgehead atoms. The maximum Gasteiger partial charge on any atom is 0.326 e. The van der Waals surface area contributed by atoms with Gasteiger partial charge in [0.25, 0.3) is 0 Å². The Balaban J connectivity index is 2.12. The number of rotatable bonds is 5. The van der Waals surface area contributed by atoms with Crippen molar-refractivity contribution in [3.63, 3.8) is 0 Å². The number of hydrogen-bond donors (Lipinski definition) is 0. The molecule has 142 valence electrons. The lowest BCUT2D eigenvalue weighted by molar-refractivity contribution is -0.143. The van der Waals surface area contributed by atoms with Crippen LogP contribution >= 0.6 is 11.3 Å². The second-order valence-corrected chi connectivity index (χ2v) is 7.42. The van der Waals surface area contributed by atoms with E-state index < -0.39 is 5.91 Å². The number of fused-ring (bicyclic) bond motifs is 1. The molecule has 1 aromatic carbocycles. The Bertz CT molecular complexity index is 1060. The van der Waals surface area contributed by atoms with E-state index in [1.54, 1.807) is 18.4 Å². The lowest BCUT2D eigenvalue weighted by Crippen LogP contribution is -2.23. The third-order valence-electron chi connectivity index (χ3n) is 4.00. The lowest BCUT2D eigenvalue weighted by Gasteiger charge is -2.07. The average molecular weight is 387 g/mol. The summed E-state index contributed by atoms with van der Waals surface area (Å²) in [5, 5.41) is 3.71. The maximum absolute atomic E-state index is 12.4. The first-order valence-electron chi connectivity index (χ1n) is 8.70. The SMILES string of the molecule is CCOC(=O)Cn1c(=NC(=O)c2cc(C)no2)sc2cc(C(C)C)ccc21. The van der Waals surface area contributed by atoms with Crippen LogP contribution in [0.3, 0.4) is 0 Å². The summed E-state index contributed by atoms with van der Waals surface area (Å²) in [6.07, 6.45) is 0. The van der Waals surface area contributed by atoms with Gasteiger partial charge in [-0.3, -0.25) is 9.59 Å². The number of benzene rings is 1. The minimum Gasteiger partial charge on any atom is -0.465 e. The summed E-state index contributed by atoms with van der Waals surface area (Å²) in [7, 11) is 0. The standard InChI is InChI=1S/C19H21N3O4S/c1-5-25-17(23)10-22-14-7-6-13(11(2)3)9-16(14)27-19(22)20-18(24)15-8-12(4)21-26-15/h6-9,11H,5,10H2,1-4H3. The summed E-state index contributed by atoms with van der Waals surface area (Å²) in [5.74, 6) is -0.483. The second-order valence-electron chi connectivity index (χ2n) is 6.41. The highest BCUT2D eigenvalue weighted by Gasteiger charge is 2.15. The zero-order valence-corrected chi connectivity index (χ0v) is 16.5. The highest BCUT2D eigenvalue weighted by Crippen LogP contribution is 2.23. The predicted molar refractivity (Wildman–Crippen MR) is 102 cm³/mol. The number of ether oxygens (including phenoxy) is 1. The van der Waals surface area contributed by atoms with Crippen LogP contribution in [0, 0.1) is 6.92 Å². The van der Waals surface area contributed by atoms with Gasteiger partial charge in [-0.05, 0) is 37.5 Å². The van der Waals surface area contributed by atoms with Crippen LogP contribution in [0.15, 0.2) is 33.8 Å². The van der Waals surface area contributed by atoms with E-state index in [2.05, 4.69) is 30.1 Å². The molecule has 0 fully saturated rings. The first kappa shape index (κ1) is 19.0. The van der Waals surface area contributed by atoms with Crippen LogP contribution < -0.4 is 4.80 Å². The van der Waals surface area contributed by atoms with Gasteiger partial charge in [0.1, 0.15) is 6.54 Å². The fraction of sp³-hybridized carbons (Fsp3) is 0.368. The van der Waals surface area contributed by atoms with Crippen LogP contribution in [-0.4, -0.2) is 28.2 Å². The number of aromatic nitrogens is 2. The van der Waals surface area contributed by atoms with E-state index in [4.69, 9.17) is 9.26 Å². The van der Waals surface area contributed by atoms with Crippen molar-refractivity contribution in [3.8, 4) is 0 Å². The molecule has 0 atom stereocenters. The summed E-state index contributed by atoms with van der Waals surface area (Å²) in [6.45, 7) is 7.99. The molecular weight excluding hydrogens is 366 g/mol. The van der Waals surface area contributed by atoms with Gasteiger partial charge in [-0.1, -0.05) is 36.4 Å². The largest absolute Gasteiger partial charge is 0.465 e. The molecule has 2 heterocycles. The van der Waals surface area contributed by atoms with Gasteiger partial charge in [-0.2, -0.15) is 4.99 Å². The molecule has 0 spiro atoms. The van der Waals surface area contributed by atoms with Gasteiger partial charge in [0, 0.05) is 6.07 Å². The Morgan fingerprint density at radius 1 is 1.33 bits per heavy atom. The normalized spacial score (nSPS) is 12.1. The number of aryl methyl sites for hydroxylation is 1. The van der Waals surface area contributed by atoms with E-state index in [-0.39, 0.29) is 18.3 Å². The van der Waals surface area contributed by atoms with Crippen LogP contribution in [0.2, 0.25) is 0 Å². The molecule has 2 aromatic heterocycles. The molecule has 0 saturated heterocycles. The van der Waals surface area contributed by atoms with Gasteiger partial charge in [0.05, 0.1) is 22.5 Å². The van der Waals surface area contributed by atoms with Gasteiger partial charge in [-0.25, -0.2) is 0 Å². The topological polar surface area (TPSA) is 86.7 Å². The summed E-state index contributed by atoms with van der Waals surface area (Å²) in [5.41, 5.74) is 2.61. The van der Waals surface area contributed by atoms with E-state index in [0.717, 1.165) is 10.2 Å². The molecule has 0 aliphatic heterocycles. The summed E-state index contributed by atoms with van der Waals surface area (Å²) < 4.78 is 12.7. The van der Waals surface area contributed by atoms with Crippen molar-refractivity contribution >= 4 is 33.4 Å². The van der Waals surface area contributed by atoms with Gasteiger partial charge >= 0.3 is 11.9 Å². The predicted octanol–water partition coefficient (Wildman–Crippen LogP) is 3.43. The molecule has 0 radical (unpaired) electrons. The van der Waals surface area contributed by atoms with Crippen LogP contribution in [0.25, 0.3) is 10.2 Å². The van der Waals surface area contributed by atoms with Gasteiger partial charge in [0.2, 0.25) is 5.76 Å². The monoisotopic (exact) mass is 387 g/mol. The molecule has 0 aliphatic carbocycles. The van der Waals surface area contributed by atoms with Crippen molar-refractivity contribution < 1.29 is 18.8 Å². The van der Waals surface area contributed by atoms with Gasteiger partial charge in [-0.15, -0.1) is 0 Å². The third-order valence-corrected chi connectivity index (χ3v) is 5.04. The Labute approximate surface area is 160 Å². The number of esters is 1. The van der Waals surface area contributed by atoms with E-state index in [1.165, 1.54) is 23.0 Å². The van der Waals surface area contributed by atoms with Crippen LogP contribution in [0.4, 0.5) is 0 Å². The Hall–Kier alpha value is -2.74. The van der Waals surface area contributed by atoms with E-state index in [9.17, 15) is 9.59 Å². The van der Waals surface area contributed by atoms with Gasteiger partial charge < -0.3 is 13.8 Å². The first-order chi connectivity index (χ1) is 12.9. The Kier molecular flexibility index (Phi) is 5.55. The van der Waals surface area contributed by atoms with Crippen molar-refractivity contribution in [2.75, 3.05) is 6.61 Å². The second kappa shape index (κ2) is 7.87. The molecule has 0 aliphatic rings. The van der Waals surface area contributed by atoms with Crippen molar-refractivity contribution in [3.05, 3.63) is 46.1 Å². The number of carbonyl (C=O) groups is 2. The Morgan fingerprint density at radius 3 is 2.74 bits per heavy atom. The van der Waals surface area contributed by atoms with Crippen LogP contribution in [0.1, 0.15) is 48.5 Å². The van der Waals surface area contributed by atoms with E-state index in [1.807, 2.05) is 12.1 Å². The summed E-state index contributed by atoms with van der Waals surface area (Å²) >= 11 is 1.35. The van der Waals surface area contributed by atoms with Crippen LogP contribution in [-0.2, 0) is 16.1 Å². The molecule has 1 amide bonds. The molecule has 3 aromatic rings. The smallest absolute Gasteiger partial charge is 0.326 e. The number of amides is 1. The number of carbonyl (C=O) groups excluding carboxylic acids is 2. The highest BCUT2D eigenvalue weighted by molar-refractivity contribution is 7.16. The lowest BCUT2D eigenvalue weighted by atomic mass is 10.0. The molecule has 0 unspecified atom stereocenters.